The van der Waals surface area contributed by atoms with E-state index in [1.54, 1.807) is 14.0 Å². The fourth-order valence-corrected chi connectivity index (χ4v) is 3.53. The Morgan fingerprint density at radius 1 is 1.00 bits per heavy atom. The standard InChI is InChI=1S/C20H19N5O2S/c1-13-4-8-16(9-5-13)25-19(15-6-10-17(26-3)11-7-15)22-23-20(25)28-12-18-21-14(2)24-27-18/h4-11H,12H2,1-3H3. The third-order valence-corrected chi connectivity index (χ3v) is 5.08. The van der Waals surface area contributed by atoms with Gasteiger partial charge in [0, 0.05) is 11.3 Å². The van der Waals surface area contributed by atoms with Crippen molar-refractivity contribution in [2.75, 3.05) is 7.11 Å². The molecule has 8 heteroatoms. The van der Waals surface area contributed by atoms with Gasteiger partial charge in [-0.15, -0.1) is 10.2 Å². The molecule has 0 radical (unpaired) electrons. The van der Waals surface area contributed by atoms with Crippen LogP contribution in [0.15, 0.2) is 58.2 Å². The Morgan fingerprint density at radius 2 is 1.75 bits per heavy atom. The summed E-state index contributed by atoms with van der Waals surface area (Å²) in [6.07, 6.45) is 0. The minimum absolute atomic E-state index is 0.521. The van der Waals surface area contributed by atoms with Crippen LogP contribution in [0.1, 0.15) is 17.3 Å². The molecule has 2 aromatic heterocycles. The van der Waals surface area contributed by atoms with Gasteiger partial charge in [0.1, 0.15) is 5.75 Å². The second-order valence-electron chi connectivity index (χ2n) is 6.23. The van der Waals surface area contributed by atoms with Crippen molar-refractivity contribution in [2.45, 2.75) is 24.8 Å². The molecule has 0 atom stereocenters. The molecule has 2 aromatic carbocycles. The molecule has 0 spiro atoms. The predicted molar refractivity (Wildman–Crippen MR) is 107 cm³/mol. The molecule has 0 aliphatic rings. The number of aryl methyl sites for hydroxylation is 2. The van der Waals surface area contributed by atoms with Crippen molar-refractivity contribution in [1.82, 2.24) is 24.9 Å². The van der Waals surface area contributed by atoms with Crippen LogP contribution in [0.3, 0.4) is 0 Å². The number of nitrogens with zero attached hydrogens (tertiary/aromatic N) is 5. The number of thioether (sulfide) groups is 1. The lowest BCUT2D eigenvalue weighted by atomic mass is 10.2. The zero-order chi connectivity index (χ0) is 19.5. The molecule has 142 valence electrons. The summed E-state index contributed by atoms with van der Waals surface area (Å²) in [5.74, 6) is 3.26. The molecule has 4 rings (SSSR count). The van der Waals surface area contributed by atoms with Crippen LogP contribution in [-0.2, 0) is 5.75 Å². The third-order valence-electron chi connectivity index (χ3n) is 4.17. The maximum Gasteiger partial charge on any atom is 0.237 e. The van der Waals surface area contributed by atoms with Gasteiger partial charge in [-0.1, -0.05) is 34.6 Å². The molecule has 0 amide bonds. The zero-order valence-electron chi connectivity index (χ0n) is 15.8. The van der Waals surface area contributed by atoms with E-state index in [4.69, 9.17) is 9.26 Å². The second kappa shape index (κ2) is 7.85. The molecule has 0 saturated carbocycles. The van der Waals surface area contributed by atoms with Crippen LogP contribution >= 0.6 is 11.8 Å². The molecule has 0 N–H and O–H groups in total. The molecule has 0 aliphatic carbocycles. The van der Waals surface area contributed by atoms with E-state index >= 15 is 0 Å². The maximum absolute atomic E-state index is 5.26. The molecule has 2 heterocycles. The van der Waals surface area contributed by atoms with E-state index in [0.29, 0.717) is 17.5 Å². The number of rotatable bonds is 6. The summed E-state index contributed by atoms with van der Waals surface area (Å²) in [6.45, 7) is 3.86. The monoisotopic (exact) mass is 393 g/mol. The van der Waals surface area contributed by atoms with Crippen LogP contribution in [0.4, 0.5) is 0 Å². The first-order valence-electron chi connectivity index (χ1n) is 8.73. The fourth-order valence-electron chi connectivity index (χ4n) is 2.74. The SMILES string of the molecule is COc1ccc(-c2nnc(SCc3nc(C)no3)n2-c2ccc(C)cc2)cc1. The Labute approximate surface area is 166 Å². The van der Waals surface area contributed by atoms with E-state index < -0.39 is 0 Å². The van der Waals surface area contributed by atoms with Crippen LogP contribution in [0.5, 0.6) is 5.75 Å². The molecule has 4 aromatic rings. The summed E-state index contributed by atoms with van der Waals surface area (Å²) in [7, 11) is 1.65. The van der Waals surface area contributed by atoms with Crippen molar-refractivity contribution in [1.29, 1.82) is 0 Å². The first-order valence-corrected chi connectivity index (χ1v) is 9.71. The minimum Gasteiger partial charge on any atom is -0.497 e. The average molecular weight is 393 g/mol. The Balaban J connectivity index is 1.72. The van der Waals surface area contributed by atoms with Crippen LogP contribution in [-0.4, -0.2) is 32.0 Å². The molecular weight excluding hydrogens is 374 g/mol. The summed E-state index contributed by atoms with van der Waals surface area (Å²) < 4.78 is 12.5. The Kier molecular flexibility index (Phi) is 5.12. The highest BCUT2D eigenvalue weighted by atomic mass is 32.2. The number of ether oxygens (including phenoxy) is 1. The Bertz CT molecular complexity index is 1070. The molecule has 0 unspecified atom stereocenters. The summed E-state index contributed by atoms with van der Waals surface area (Å²) in [5, 5.41) is 13.4. The van der Waals surface area contributed by atoms with Crippen molar-refractivity contribution in [3.63, 3.8) is 0 Å². The zero-order valence-corrected chi connectivity index (χ0v) is 16.6. The molecule has 0 aliphatic heterocycles. The topological polar surface area (TPSA) is 78.9 Å². The lowest BCUT2D eigenvalue weighted by molar-refractivity contribution is 0.387. The van der Waals surface area contributed by atoms with Gasteiger partial charge in [-0.3, -0.25) is 4.57 Å². The second-order valence-corrected chi connectivity index (χ2v) is 7.17. The van der Waals surface area contributed by atoms with Gasteiger partial charge >= 0.3 is 0 Å². The summed E-state index contributed by atoms with van der Waals surface area (Å²) in [5.41, 5.74) is 3.14. The van der Waals surface area contributed by atoms with Gasteiger partial charge in [0.05, 0.1) is 12.9 Å². The molecule has 0 saturated heterocycles. The van der Waals surface area contributed by atoms with E-state index in [-0.39, 0.29) is 0 Å². The molecule has 7 nitrogen and oxygen atoms in total. The third kappa shape index (κ3) is 3.77. The molecule has 28 heavy (non-hydrogen) atoms. The van der Waals surface area contributed by atoms with E-state index in [1.165, 1.54) is 17.3 Å². The van der Waals surface area contributed by atoms with E-state index in [0.717, 1.165) is 28.0 Å². The lowest BCUT2D eigenvalue weighted by Gasteiger charge is -2.10. The highest BCUT2D eigenvalue weighted by Gasteiger charge is 2.17. The van der Waals surface area contributed by atoms with Gasteiger partial charge in [0.25, 0.3) is 0 Å². The smallest absolute Gasteiger partial charge is 0.237 e. The van der Waals surface area contributed by atoms with Crippen LogP contribution in [0.25, 0.3) is 17.1 Å². The average Bonchev–Trinajstić information content (AvgIpc) is 3.33. The number of hydrogen-bond donors (Lipinski definition) is 0. The van der Waals surface area contributed by atoms with Crippen molar-refractivity contribution < 1.29 is 9.26 Å². The predicted octanol–water partition coefficient (Wildman–Crippen LogP) is 4.24. The van der Waals surface area contributed by atoms with Crippen molar-refractivity contribution in [2.24, 2.45) is 0 Å². The summed E-state index contributed by atoms with van der Waals surface area (Å²) >= 11 is 1.50. The van der Waals surface area contributed by atoms with Gasteiger partial charge < -0.3 is 9.26 Å². The Hall–Kier alpha value is -3.13. The lowest BCUT2D eigenvalue weighted by Crippen LogP contribution is -2.00. The van der Waals surface area contributed by atoms with Gasteiger partial charge in [-0.25, -0.2) is 0 Å². The van der Waals surface area contributed by atoms with Crippen molar-refractivity contribution in [3.05, 3.63) is 65.8 Å². The van der Waals surface area contributed by atoms with Crippen LogP contribution < -0.4 is 4.74 Å². The first-order chi connectivity index (χ1) is 13.6. The normalized spacial score (nSPS) is 11.0. The van der Waals surface area contributed by atoms with Gasteiger partial charge in [0.15, 0.2) is 16.8 Å². The van der Waals surface area contributed by atoms with Gasteiger partial charge in [-0.05, 0) is 50.2 Å². The molecular formula is C20H19N5O2S. The van der Waals surface area contributed by atoms with E-state index in [9.17, 15) is 0 Å². The first kappa shape index (κ1) is 18.2. The number of benzene rings is 2. The highest BCUT2D eigenvalue weighted by Crippen LogP contribution is 2.30. The summed E-state index contributed by atoms with van der Waals surface area (Å²) in [6, 6.07) is 16.0. The maximum atomic E-state index is 5.26. The number of hydrogen-bond acceptors (Lipinski definition) is 7. The molecule has 0 fully saturated rings. The van der Waals surface area contributed by atoms with Gasteiger partial charge in [-0.2, -0.15) is 4.98 Å². The molecule has 0 bridgehead atoms. The van der Waals surface area contributed by atoms with Crippen molar-refractivity contribution in [3.8, 4) is 22.8 Å². The van der Waals surface area contributed by atoms with Gasteiger partial charge in [0.2, 0.25) is 5.89 Å². The van der Waals surface area contributed by atoms with E-state index in [1.807, 2.05) is 28.8 Å². The quantitative estimate of drug-likeness (QED) is 0.453. The highest BCUT2D eigenvalue weighted by molar-refractivity contribution is 7.98. The van der Waals surface area contributed by atoms with E-state index in [2.05, 4.69) is 51.5 Å². The number of aromatic nitrogens is 5. The number of methoxy groups -OCH3 is 1. The Morgan fingerprint density at radius 3 is 2.39 bits per heavy atom. The van der Waals surface area contributed by atoms with Crippen LogP contribution in [0.2, 0.25) is 0 Å². The largest absolute Gasteiger partial charge is 0.497 e. The van der Waals surface area contributed by atoms with Crippen molar-refractivity contribution >= 4 is 11.8 Å². The summed E-state index contributed by atoms with van der Waals surface area (Å²) in [4.78, 5) is 4.25. The fraction of sp³-hybridized carbons (Fsp3) is 0.200. The van der Waals surface area contributed by atoms with Crippen LogP contribution in [0, 0.1) is 13.8 Å². The minimum atomic E-state index is 0.521.